The number of sulfonamides is 1. The Morgan fingerprint density at radius 3 is 2.70 bits per heavy atom. The predicted octanol–water partition coefficient (Wildman–Crippen LogP) is 3.53. The second-order valence-corrected chi connectivity index (χ2v) is 8.50. The Bertz CT molecular complexity index is 916. The van der Waals surface area contributed by atoms with Crippen LogP contribution in [0, 0.1) is 0 Å². The molecule has 2 aromatic carbocycles. The normalized spacial score (nSPS) is 17.6. The number of nitrogens with one attached hydrogen (secondary N) is 1. The molecule has 0 bridgehead atoms. The summed E-state index contributed by atoms with van der Waals surface area (Å²) in [5.74, 6) is 0.297. The van der Waals surface area contributed by atoms with Crippen LogP contribution in [0.1, 0.15) is 19.8 Å². The van der Waals surface area contributed by atoms with Crippen LogP contribution in [0.4, 0.5) is 5.69 Å². The fourth-order valence-corrected chi connectivity index (χ4v) is 4.87. The minimum atomic E-state index is -3.77. The zero-order chi connectivity index (χ0) is 19.4. The molecule has 0 spiro atoms. The number of carbonyl (C=O) groups excluding carboxylic acids is 1. The smallest absolute Gasteiger partial charge is 0.243 e. The average Bonchev–Trinajstić information content (AvgIpc) is 3.13. The molecule has 8 heteroatoms. The second-order valence-electron chi connectivity index (χ2n) is 6.18. The minimum Gasteiger partial charge on any atom is -0.494 e. The Morgan fingerprint density at radius 1 is 1.26 bits per heavy atom. The minimum absolute atomic E-state index is 0.130. The van der Waals surface area contributed by atoms with Gasteiger partial charge < -0.3 is 10.1 Å². The largest absolute Gasteiger partial charge is 0.494 e. The van der Waals surface area contributed by atoms with E-state index in [0.29, 0.717) is 42.5 Å². The van der Waals surface area contributed by atoms with Crippen molar-refractivity contribution in [2.24, 2.45) is 0 Å². The van der Waals surface area contributed by atoms with E-state index < -0.39 is 16.1 Å². The molecule has 1 atom stereocenters. The Kier molecular flexibility index (Phi) is 6.04. The van der Waals surface area contributed by atoms with Crippen LogP contribution in [0.3, 0.4) is 0 Å². The maximum absolute atomic E-state index is 12.9. The van der Waals surface area contributed by atoms with Crippen LogP contribution in [0.15, 0.2) is 53.4 Å². The van der Waals surface area contributed by atoms with Gasteiger partial charge in [-0.1, -0.05) is 17.7 Å². The first-order chi connectivity index (χ1) is 12.9. The molecule has 1 fully saturated rings. The number of benzene rings is 2. The van der Waals surface area contributed by atoms with Gasteiger partial charge in [-0.3, -0.25) is 4.79 Å². The summed E-state index contributed by atoms with van der Waals surface area (Å²) in [5.41, 5.74) is 0.571. The standard InChI is InChI=1S/C19H21ClN2O4S/c1-2-26-16-6-3-5-15(13-16)21-19(23)18-7-4-12-22(18)27(24,25)17-10-8-14(20)9-11-17/h3,5-6,8-11,13,18H,2,4,7,12H2,1H3,(H,21,23)/t18-/m1/s1. The van der Waals surface area contributed by atoms with Crippen molar-refractivity contribution >= 4 is 33.2 Å². The van der Waals surface area contributed by atoms with E-state index in [1.165, 1.54) is 28.6 Å². The molecule has 2 aromatic rings. The quantitative estimate of drug-likeness (QED) is 0.793. The molecule has 1 amide bonds. The summed E-state index contributed by atoms with van der Waals surface area (Å²) in [7, 11) is -3.77. The van der Waals surface area contributed by atoms with Crippen LogP contribution in [-0.4, -0.2) is 37.8 Å². The van der Waals surface area contributed by atoms with Crippen molar-refractivity contribution in [1.29, 1.82) is 0 Å². The lowest BCUT2D eigenvalue weighted by Crippen LogP contribution is -2.43. The maximum Gasteiger partial charge on any atom is 0.243 e. The number of nitrogens with zero attached hydrogens (tertiary/aromatic N) is 1. The molecule has 0 unspecified atom stereocenters. The summed E-state index contributed by atoms with van der Waals surface area (Å²) in [6.07, 6.45) is 1.10. The van der Waals surface area contributed by atoms with Gasteiger partial charge >= 0.3 is 0 Å². The molecule has 0 aliphatic carbocycles. The van der Waals surface area contributed by atoms with Gasteiger partial charge in [-0.15, -0.1) is 0 Å². The molecule has 1 heterocycles. The first-order valence-corrected chi connectivity index (χ1v) is 10.5. The van der Waals surface area contributed by atoms with Crippen LogP contribution in [0.2, 0.25) is 5.02 Å². The van der Waals surface area contributed by atoms with Gasteiger partial charge in [0.05, 0.1) is 11.5 Å². The summed E-state index contributed by atoms with van der Waals surface area (Å²) in [6.45, 7) is 2.71. The van der Waals surface area contributed by atoms with Crippen LogP contribution in [-0.2, 0) is 14.8 Å². The van der Waals surface area contributed by atoms with Crippen LogP contribution < -0.4 is 10.1 Å². The average molecular weight is 409 g/mol. The molecule has 1 aliphatic heterocycles. The monoisotopic (exact) mass is 408 g/mol. The topological polar surface area (TPSA) is 75.7 Å². The Morgan fingerprint density at radius 2 is 2.00 bits per heavy atom. The van der Waals surface area contributed by atoms with Gasteiger partial charge in [-0.25, -0.2) is 8.42 Å². The number of hydrogen-bond acceptors (Lipinski definition) is 4. The van der Waals surface area contributed by atoms with E-state index in [0.717, 1.165) is 0 Å². The van der Waals surface area contributed by atoms with Gasteiger partial charge in [-0.05, 0) is 56.2 Å². The summed E-state index contributed by atoms with van der Waals surface area (Å²) in [6, 6.07) is 12.2. The molecule has 27 heavy (non-hydrogen) atoms. The fourth-order valence-electron chi connectivity index (χ4n) is 3.09. The van der Waals surface area contributed by atoms with Crippen molar-refractivity contribution in [1.82, 2.24) is 4.31 Å². The van der Waals surface area contributed by atoms with Gasteiger partial charge in [0, 0.05) is 23.3 Å². The molecule has 1 N–H and O–H groups in total. The van der Waals surface area contributed by atoms with Crippen LogP contribution >= 0.6 is 11.6 Å². The Balaban J connectivity index is 1.78. The van der Waals surface area contributed by atoms with Crippen molar-refractivity contribution in [2.45, 2.75) is 30.7 Å². The summed E-state index contributed by atoms with van der Waals surface area (Å²) >= 11 is 5.84. The van der Waals surface area contributed by atoms with Gasteiger partial charge in [0.25, 0.3) is 0 Å². The van der Waals surface area contributed by atoms with E-state index >= 15 is 0 Å². The van der Waals surface area contributed by atoms with Crippen molar-refractivity contribution in [2.75, 3.05) is 18.5 Å². The third-order valence-electron chi connectivity index (χ3n) is 4.34. The first kappa shape index (κ1) is 19.7. The predicted molar refractivity (Wildman–Crippen MR) is 105 cm³/mol. The molecule has 6 nitrogen and oxygen atoms in total. The lowest BCUT2D eigenvalue weighted by molar-refractivity contribution is -0.119. The molecule has 1 saturated heterocycles. The van der Waals surface area contributed by atoms with Crippen LogP contribution in [0.25, 0.3) is 0 Å². The number of anilines is 1. The number of halogens is 1. The highest BCUT2D eigenvalue weighted by Gasteiger charge is 2.39. The second kappa shape index (κ2) is 8.29. The van der Waals surface area contributed by atoms with E-state index in [-0.39, 0.29) is 10.8 Å². The number of ether oxygens (including phenoxy) is 1. The van der Waals surface area contributed by atoms with E-state index in [1.807, 2.05) is 6.92 Å². The first-order valence-electron chi connectivity index (χ1n) is 8.73. The molecule has 144 valence electrons. The Hall–Kier alpha value is -2.09. The van der Waals surface area contributed by atoms with Gasteiger partial charge in [0.2, 0.25) is 15.9 Å². The maximum atomic E-state index is 12.9. The van der Waals surface area contributed by atoms with Gasteiger partial charge in [0.1, 0.15) is 11.8 Å². The molecule has 0 aromatic heterocycles. The number of carbonyl (C=O) groups is 1. The number of rotatable bonds is 6. The zero-order valence-corrected chi connectivity index (χ0v) is 16.5. The molecular weight excluding hydrogens is 388 g/mol. The summed E-state index contributed by atoms with van der Waals surface area (Å²) < 4.78 is 32.6. The number of hydrogen-bond donors (Lipinski definition) is 1. The lowest BCUT2D eigenvalue weighted by atomic mass is 10.2. The summed E-state index contributed by atoms with van der Waals surface area (Å²) in [4.78, 5) is 12.9. The number of amides is 1. The van der Waals surface area contributed by atoms with Crippen molar-refractivity contribution < 1.29 is 17.9 Å². The molecular formula is C19H21ClN2O4S. The highest BCUT2D eigenvalue weighted by atomic mass is 35.5. The van der Waals surface area contributed by atoms with E-state index in [1.54, 1.807) is 24.3 Å². The molecule has 0 radical (unpaired) electrons. The van der Waals surface area contributed by atoms with Crippen LogP contribution in [0.5, 0.6) is 5.75 Å². The van der Waals surface area contributed by atoms with E-state index in [2.05, 4.69) is 5.32 Å². The molecule has 1 aliphatic rings. The van der Waals surface area contributed by atoms with Crippen molar-refractivity contribution in [3.63, 3.8) is 0 Å². The SMILES string of the molecule is CCOc1cccc(NC(=O)[C@H]2CCCN2S(=O)(=O)c2ccc(Cl)cc2)c1. The van der Waals surface area contributed by atoms with Gasteiger partial charge in [0.15, 0.2) is 0 Å². The third-order valence-corrected chi connectivity index (χ3v) is 6.51. The lowest BCUT2D eigenvalue weighted by Gasteiger charge is -2.23. The van der Waals surface area contributed by atoms with E-state index in [9.17, 15) is 13.2 Å². The summed E-state index contributed by atoms with van der Waals surface area (Å²) in [5, 5.41) is 3.26. The molecule has 0 saturated carbocycles. The third kappa shape index (κ3) is 4.43. The Labute approximate surface area is 164 Å². The van der Waals surface area contributed by atoms with E-state index in [4.69, 9.17) is 16.3 Å². The van der Waals surface area contributed by atoms with Crippen molar-refractivity contribution in [3.8, 4) is 5.75 Å². The fraction of sp³-hybridized carbons (Fsp3) is 0.316. The molecule has 3 rings (SSSR count). The zero-order valence-electron chi connectivity index (χ0n) is 14.9. The van der Waals surface area contributed by atoms with Gasteiger partial charge in [-0.2, -0.15) is 4.31 Å². The highest BCUT2D eigenvalue weighted by Crippen LogP contribution is 2.28. The highest BCUT2D eigenvalue weighted by molar-refractivity contribution is 7.89. The van der Waals surface area contributed by atoms with Crippen molar-refractivity contribution in [3.05, 3.63) is 53.6 Å².